The molecule has 0 saturated heterocycles. The Morgan fingerprint density at radius 3 is 2.54 bits per heavy atom. The summed E-state index contributed by atoms with van der Waals surface area (Å²) >= 11 is 0. The highest BCUT2D eigenvalue weighted by molar-refractivity contribution is 5.91. The van der Waals surface area contributed by atoms with E-state index in [1.54, 1.807) is 6.08 Å². The van der Waals surface area contributed by atoms with Gasteiger partial charge >= 0.3 is 0 Å². The van der Waals surface area contributed by atoms with Crippen molar-refractivity contribution >= 4 is 12.2 Å². The predicted octanol–water partition coefficient (Wildman–Crippen LogP) is 1.73. The Labute approximate surface area is 78.5 Å². The lowest BCUT2D eigenvalue weighted by Crippen LogP contribution is -2.37. The van der Waals surface area contributed by atoms with Crippen LogP contribution in [0.4, 0.5) is 0 Å². The number of carbonyl (C=O) groups excluding carboxylic acids is 1. The van der Waals surface area contributed by atoms with Crippen LogP contribution in [0.25, 0.3) is 0 Å². The molecule has 13 heavy (non-hydrogen) atoms. The minimum Gasteiger partial charge on any atom is -0.464 e. The fraction of sp³-hybridized carbons (Fsp3) is 0.600. The smallest absolute Gasteiger partial charge is 0.209 e. The van der Waals surface area contributed by atoms with Crippen LogP contribution in [0.3, 0.4) is 0 Å². The summed E-state index contributed by atoms with van der Waals surface area (Å²) < 4.78 is 5.32. The first-order valence-corrected chi connectivity index (χ1v) is 4.56. The zero-order valence-electron chi connectivity index (χ0n) is 8.12. The van der Waals surface area contributed by atoms with E-state index in [1.165, 1.54) is 0 Å². The van der Waals surface area contributed by atoms with Gasteiger partial charge in [-0.2, -0.15) is 0 Å². The van der Waals surface area contributed by atoms with E-state index in [4.69, 9.17) is 4.74 Å². The average Bonchev–Trinajstić information content (AvgIpc) is 2.56. The van der Waals surface area contributed by atoms with Crippen molar-refractivity contribution in [3.8, 4) is 0 Å². The first kappa shape index (κ1) is 9.96. The first-order valence-electron chi connectivity index (χ1n) is 4.56. The van der Waals surface area contributed by atoms with E-state index in [2.05, 4.69) is 11.6 Å². The summed E-state index contributed by atoms with van der Waals surface area (Å²) in [5.41, 5.74) is -0.356. The molecule has 0 saturated carbocycles. The fourth-order valence-corrected chi connectivity index (χ4v) is 1.61. The SMILES string of the molecule is C=CC1=NC(CC)(CC)C(C=O)O1. The molecular weight excluding hydrogens is 166 g/mol. The van der Waals surface area contributed by atoms with Gasteiger partial charge < -0.3 is 4.74 Å². The van der Waals surface area contributed by atoms with Gasteiger partial charge in [-0.3, -0.25) is 4.79 Å². The molecule has 1 rings (SSSR count). The van der Waals surface area contributed by atoms with Crippen molar-refractivity contribution in [1.29, 1.82) is 0 Å². The molecule has 0 aromatic carbocycles. The van der Waals surface area contributed by atoms with Crippen LogP contribution in [-0.2, 0) is 9.53 Å². The third kappa shape index (κ3) is 1.50. The van der Waals surface area contributed by atoms with Gasteiger partial charge in [-0.1, -0.05) is 20.4 Å². The lowest BCUT2D eigenvalue weighted by Gasteiger charge is -2.24. The number of hydrogen-bond donors (Lipinski definition) is 0. The molecule has 0 aromatic rings. The maximum Gasteiger partial charge on any atom is 0.209 e. The predicted molar refractivity (Wildman–Crippen MR) is 51.9 cm³/mol. The maximum atomic E-state index is 10.8. The molecule has 1 atom stereocenters. The molecule has 0 spiro atoms. The number of ether oxygens (including phenoxy) is 1. The van der Waals surface area contributed by atoms with E-state index >= 15 is 0 Å². The molecule has 0 radical (unpaired) electrons. The Kier molecular flexibility index (Phi) is 2.86. The quantitative estimate of drug-likeness (QED) is 0.619. The number of aliphatic imine (C=N–C) groups is 1. The van der Waals surface area contributed by atoms with Crippen molar-refractivity contribution in [1.82, 2.24) is 0 Å². The van der Waals surface area contributed by atoms with E-state index in [-0.39, 0.29) is 5.54 Å². The highest BCUT2D eigenvalue weighted by Gasteiger charge is 2.42. The van der Waals surface area contributed by atoms with Crippen LogP contribution < -0.4 is 0 Å². The van der Waals surface area contributed by atoms with E-state index in [0.29, 0.717) is 5.90 Å². The van der Waals surface area contributed by atoms with E-state index in [1.807, 2.05) is 13.8 Å². The van der Waals surface area contributed by atoms with Gasteiger partial charge in [0.15, 0.2) is 12.4 Å². The second-order valence-electron chi connectivity index (χ2n) is 3.14. The molecule has 1 aliphatic rings. The van der Waals surface area contributed by atoms with Crippen molar-refractivity contribution < 1.29 is 9.53 Å². The highest BCUT2D eigenvalue weighted by atomic mass is 16.5. The number of nitrogens with zero attached hydrogens (tertiary/aromatic N) is 1. The highest BCUT2D eigenvalue weighted by Crippen LogP contribution is 2.31. The molecular formula is C10H15NO2. The van der Waals surface area contributed by atoms with Gasteiger partial charge in [-0.15, -0.1) is 0 Å². The maximum absolute atomic E-state index is 10.8. The monoisotopic (exact) mass is 181 g/mol. The van der Waals surface area contributed by atoms with Crippen LogP contribution in [0.1, 0.15) is 26.7 Å². The Morgan fingerprint density at radius 1 is 1.62 bits per heavy atom. The third-order valence-corrected chi connectivity index (χ3v) is 2.63. The number of rotatable bonds is 4. The summed E-state index contributed by atoms with van der Waals surface area (Å²) in [5, 5.41) is 0. The molecule has 0 aliphatic carbocycles. The number of hydrogen-bond acceptors (Lipinski definition) is 3. The molecule has 1 heterocycles. The summed E-state index contributed by atoms with van der Waals surface area (Å²) in [6.07, 6.45) is 3.56. The van der Waals surface area contributed by atoms with Crippen molar-refractivity contribution in [2.24, 2.45) is 4.99 Å². The number of carbonyl (C=O) groups is 1. The van der Waals surface area contributed by atoms with E-state index in [9.17, 15) is 4.79 Å². The normalized spacial score (nSPS) is 24.8. The van der Waals surface area contributed by atoms with Crippen molar-refractivity contribution in [3.05, 3.63) is 12.7 Å². The van der Waals surface area contributed by atoms with Crippen molar-refractivity contribution in [2.45, 2.75) is 38.3 Å². The summed E-state index contributed by atoms with van der Waals surface area (Å²) in [7, 11) is 0. The van der Waals surface area contributed by atoms with Gasteiger partial charge in [0.25, 0.3) is 0 Å². The molecule has 0 N–H and O–H groups in total. The Hall–Kier alpha value is -1.12. The van der Waals surface area contributed by atoms with Crippen molar-refractivity contribution in [2.75, 3.05) is 0 Å². The van der Waals surface area contributed by atoms with Crippen LogP contribution in [-0.4, -0.2) is 23.8 Å². The minimum atomic E-state index is -0.435. The lowest BCUT2D eigenvalue weighted by molar-refractivity contribution is -0.115. The molecule has 0 aromatic heterocycles. The topological polar surface area (TPSA) is 38.7 Å². The molecule has 3 heteroatoms. The van der Waals surface area contributed by atoms with Crippen molar-refractivity contribution in [3.63, 3.8) is 0 Å². The molecule has 1 unspecified atom stereocenters. The molecule has 72 valence electrons. The molecule has 3 nitrogen and oxygen atoms in total. The van der Waals surface area contributed by atoms with Gasteiger partial charge in [-0.05, 0) is 18.9 Å². The van der Waals surface area contributed by atoms with Crippen LogP contribution in [0.5, 0.6) is 0 Å². The zero-order chi connectivity index (χ0) is 9.90. The second kappa shape index (κ2) is 3.73. The lowest BCUT2D eigenvalue weighted by atomic mass is 9.88. The number of aldehydes is 1. The minimum absolute atomic E-state index is 0.356. The van der Waals surface area contributed by atoms with Crippen LogP contribution in [0.15, 0.2) is 17.6 Å². The van der Waals surface area contributed by atoms with E-state index in [0.717, 1.165) is 19.1 Å². The van der Waals surface area contributed by atoms with Crippen LogP contribution >= 0.6 is 0 Å². The van der Waals surface area contributed by atoms with Gasteiger partial charge in [-0.25, -0.2) is 4.99 Å². The Bertz CT molecular complexity index is 241. The average molecular weight is 181 g/mol. The van der Waals surface area contributed by atoms with Crippen LogP contribution in [0, 0.1) is 0 Å². The van der Waals surface area contributed by atoms with Gasteiger partial charge in [0, 0.05) is 0 Å². The Morgan fingerprint density at radius 2 is 2.23 bits per heavy atom. The van der Waals surface area contributed by atoms with E-state index < -0.39 is 6.10 Å². The zero-order valence-corrected chi connectivity index (χ0v) is 8.12. The van der Waals surface area contributed by atoms with Crippen LogP contribution in [0.2, 0.25) is 0 Å². The standard InChI is InChI=1S/C10H15NO2/c1-4-9-11-10(5-2,6-3)8(7-12)13-9/h4,7-8H,1,5-6H2,2-3H3. The summed E-state index contributed by atoms with van der Waals surface area (Å²) in [6, 6.07) is 0. The molecule has 1 aliphatic heterocycles. The molecule has 0 bridgehead atoms. The van der Waals surface area contributed by atoms with Gasteiger partial charge in [0.2, 0.25) is 5.90 Å². The third-order valence-electron chi connectivity index (χ3n) is 2.63. The molecule has 0 amide bonds. The largest absolute Gasteiger partial charge is 0.464 e. The first-order chi connectivity index (χ1) is 6.22. The summed E-state index contributed by atoms with van der Waals surface area (Å²) in [6.45, 7) is 7.60. The summed E-state index contributed by atoms with van der Waals surface area (Å²) in [5.74, 6) is 0.487. The van der Waals surface area contributed by atoms with Gasteiger partial charge in [0.05, 0.1) is 0 Å². The molecule has 0 fully saturated rings. The Balaban J connectivity index is 2.96. The van der Waals surface area contributed by atoms with Gasteiger partial charge in [0.1, 0.15) is 5.54 Å². The fourth-order valence-electron chi connectivity index (χ4n) is 1.61. The second-order valence-corrected chi connectivity index (χ2v) is 3.14. The summed E-state index contributed by atoms with van der Waals surface area (Å²) in [4.78, 5) is 15.1.